The lowest BCUT2D eigenvalue weighted by Gasteiger charge is -2.66. The van der Waals surface area contributed by atoms with Crippen LogP contribution >= 0.6 is 0 Å². The summed E-state index contributed by atoms with van der Waals surface area (Å²) in [5, 5.41) is 35.4. The summed E-state index contributed by atoms with van der Waals surface area (Å²) in [6.45, 7) is 3.42. The van der Waals surface area contributed by atoms with Gasteiger partial charge in [-0.15, -0.1) is 0 Å². The molecule has 2 aromatic carbocycles. The van der Waals surface area contributed by atoms with E-state index in [1.54, 1.807) is 11.0 Å². The number of hydrogen-bond acceptors (Lipinski definition) is 6. The highest BCUT2D eigenvalue weighted by molar-refractivity contribution is 5.77. The van der Waals surface area contributed by atoms with Gasteiger partial charge < -0.3 is 25.0 Å². The Morgan fingerprint density at radius 2 is 2.03 bits per heavy atom. The molecule has 2 aromatic rings. The van der Waals surface area contributed by atoms with Gasteiger partial charge in [0, 0.05) is 38.2 Å². The number of hydrogen-bond donors (Lipinski definition) is 3. The van der Waals surface area contributed by atoms with E-state index < -0.39 is 23.2 Å². The number of likely N-dealkylation sites (tertiary alicyclic amines) is 1. The van der Waals surface area contributed by atoms with Gasteiger partial charge in [0.05, 0.1) is 23.2 Å². The van der Waals surface area contributed by atoms with Crippen molar-refractivity contribution < 1.29 is 24.9 Å². The van der Waals surface area contributed by atoms with Crippen LogP contribution < -0.4 is 4.74 Å². The Kier molecular flexibility index (Phi) is 5.43. The van der Waals surface area contributed by atoms with Crippen molar-refractivity contribution in [2.45, 2.75) is 87.2 Å². The third-order valence-electron chi connectivity index (χ3n) is 10.3. The highest BCUT2D eigenvalue weighted by atomic mass is 16.5. The highest BCUT2D eigenvalue weighted by Crippen LogP contribution is 2.66. The fourth-order valence-corrected chi connectivity index (χ4v) is 8.39. The number of aliphatic hydroxyl groups excluding tert-OH is 1. The molecule has 1 amide bonds. The first-order chi connectivity index (χ1) is 18.2. The molecule has 0 radical (unpaired) electrons. The minimum absolute atomic E-state index is 0.0235. The summed E-state index contributed by atoms with van der Waals surface area (Å²) in [5.74, 6) is 1.08. The summed E-state index contributed by atoms with van der Waals surface area (Å²) in [6, 6.07) is 11.4. The summed E-state index contributed by atoms with van der Waals surface area (Å²) in [7, 11) is 1.83. The minimum Gasteiger partial charge on any atom is -0.504 e. The van der Waals surface area contributed by atoms with Gasteiger partial charge in [0.1, 0.15) is 6.10 Å². The Bertz CT molecular complexity index is 1290. The fraction of sp³-hybridized carbons (Fsp3) is 0.581. The molecule has 3 N–H and O–H groups in total. The van der Waals surface area contributed by atoms with Crippen LogP contribution in [0.25, 0.3) is 0 Å². The number of rotatable bonds is 6. The molecule has 202 valence electrons. The monoisotopic (exact) mass is 518 g/mol. The Labute approximate surface area is 224 Å². The molecule has 1 spiro atoms. The Morgan fingerprint density at radius 1 is 1.21 bits per heavy atom. The average molecular weight is 519 g/mol. The molecule has 7 nitrogen and oxygen atoms in total. The van der Waals surface area contributed by atoms with Gasteiger partial charge in [0.15, 0.2) is 11.5 Å². The molecular formula is C31H38N2O5. The normalized spacial score (nSPS) is 34.9. The van der Waals surface area contributed by atoms with E-state index in [-0.39, 0.29) is 23.7 Å². The summed E-state index contributed by atoms with van der Waals surface area (Å²) in [6.07, 6.45) is 3.69. The molecule has 3 fully saturated rings. The first-order valence-electron chi connectivity index (χ1n) is 14.2. The number of carbonyl (C=O) groups excluding carboxylic acids is 1. The zero-order chi connectivity index (χ0) is 26.4. The maximum absolute atomic E-state index is 13.5. The molecule has 7 heteroatoms. The average Bonchev–Trinajstić information content (AvgIpc) is 3.62. The molecule has 7 rings (SSSR count). The second-order valence-corrected chi connectivity index (χ2v) is 12.5. The van der Waals surface area contributed by atoms with Crippen molar-refractivity contribution in [3.05, 3.63) is 58.7 Å². The predicted octanol–water partition coefficient (Wildman–Crippen LogP) is 2.70. The second-order valence-electron chi connectivity index (χ2n) is 12.5. The van der Waals surface area contributed by atoms with E-state index in [9.17, 15) is 20.1 Å². The molecule has 2 heterocycles. The third kappa shape index (κ3) is 3.28. The lowest BCUT2D eigenvalue weighted by molar-refractivity contribution is -0.236. The van der Waals surface area contributed by atoms with Crippen molar-refractivity contribution >= 4 is 5.91 Å². The van der Waals surface area contributed by atoms with E-state index in [0.717, 1.165) is 23.2 Å². The second kappa shape index (κ2) is 8.44. The van der Waals surface area contributed by atoms with Gasteiger partial charge in [-0.1, -0.05) is 35.9 Å². The Morgan fingerprint density at radius 3 is 2.79 bits per heavy atom. The van der Waals surface area contributed by atoms with E-state index >= 15 is 0 Å². The van der Waals surface area contributed by atoms with Gasteiger partial charge in [0.2, 0.25) is 5.91 Å². The largest absolute Gasteiger partial charge is 0.504 e. The zero-order valence-corrected chi connectivity index (χ0v) is 22.3. The Balaban J connectivity index is 1.24. The van der Waals surface area contributed by atoms with E-state index in [1.165, 1.54) is 18.4 Å². The van der Waals surface area contributed by atoms with Crippen LogP contribution in [0.5, 0.6) is 11.5 Å². The molecule has 2 aliphatic heterocycles. The quantitative estimate of drug-likeness (QED) is 0.545. The number of aromatic hydroxyl groups is 1. The number of aliphatic hydroxyl groups is 2. The van der Waals surface area contributed by atoms with Gasteiger partial charge in [-0.2, -0.15) is 0 Å². The molecule has 1 saturated heterocycles. The fourth-order valence-electron chi connectivity index (χ4n) is 8.39. The molecule has 6 atom stereocenters. The smallest absolute Gasteiger partial charge is 0.223 e. The summed E-state index contributed by atoms with van der Waals surface area (Å²) in [5.41, 5.74) is 1.84. The maximum Gasteiger partial charge on any atom is 0.223 e. The predicted molar refractivity (Wildman–Crippen MR) is 142 cm³/mol. The maximum atomic E-state index is 13.5. The van der Waals surface area contributed by atoms with Crippen LogP contribution in [-0.2, 0) is 23.1 Å². The lowest BCUT2D eigenvalue weighted by Crippen LogP contribution is -2.82. The third-order valence-corrected chi connectivity index (χ3v) is 10.3. The molecule has 3 aliphatic carbocycles. The van der Waals surface area contributed by atoms with Crippen molar-refractivity contribution in [1.82, 2.24) is 9.80 Å². The van der Waals surface area contributed by atoms with Gasteiger partial charge in [0.25, 0.3) is 0 Å². The first-order valence-corrected chi connectivity index (χ1v) is 14.2. The number of phenolic OH excluding ortho intramolecular Hbond substituents is 1. The molecule has 38 heavy (non-hydrogen) atoms. The van der Waals surface area contributed by atoms with Crippen LogP contribution in [0.2, 0.25) is 0 Å². The highest BCUT2D eigenvalue weighted by Gasteiger charge is 2.76. The Hall–Kier alpha value is -2.61. The van der Waals surface area contributed by atoms with Crippen molar-refractivity contribution in [3.63, 3.8) is 0 Å². The number of carbonyl (C=O) groups is 1. The van der Waals surface area contributed by atoms with Crippen molar-refractivity contribution in [2.75, 3.05) is 20.1 Å². The van der Waals surface area contributed by atoms with Crippen molar-refractivity contribution in [2.24, 2.45) is 5.92 Å². The summed E-state index contributed by atoms with van der Waals surface area (Å²) >= 11 is 0. The van der Waals surface area contributed by atoms with Gasteiger partial charge in [-0.25, -0.2) is 0 Å². The van der Waals surface area contributed by atoms with Crippen LogP contribution in [0.3, 0.4) is 0 Å². The molecule has 2 saturated carbocycles. The number of likely N-dealkylation sites (N-methyl/N-ethyl adjacent to an activating group) is 1. The standard InChI is InChI=1S/C31H38N2O5/c1-18-4-3-5-19(14-18)8-11-26(36)32(2)22-12-13-30(37)24-15-21-9-10-23(34)28-27(21)31(30,29(22)38-28)25(35)17-33(24)16-20-6-7-20/h3-5,9-10,14,20,22,24-25,29,34-35,37H,6-8,11-13,15-17H2,1-2H3/t22?,24-,25?,29?,30-,31+/m1/s1. The number of phenols is 1. The van der Waals surface area contributed by atoms with Crippen LogP contribution in [0.15, 0.2) is 36.4 Å². The summed E-state index contributed by atoms with van der Waals surface area (Å²) in [4.78, 5) is 17.6. The van der Waals surface area contributed by atoms with E-state index in [4.69, 9.17) is 4.74 Å². The van der Waals surface area contributed by atoms with E-state index in [0.29, 0.717) is 50.3 Å². The number of benzene rings is 2. The molecule has 2 bridgehead atoms. The van der Waals surface area contributed by atoms with Crippen molar-refractivity contribution in [1.29, 1.82) is 0 Å². The van der Waals surface area contributed by atoms with Crippen LogP contribution in [0, 0.1) is 12.8 Å². The summed E-state index contributed by atoms with van der Waals surface area (Å²) < 4.78 is 6.55. The number of amides is 1. The first kappa shape index (κ1) is 24.4. The van der Waals surface area contributed by atoms with E-state index in [1.807, 2.05) is 19.2 Å². The van der Waals surface area contributed by atoms with E-state index in [2.05, 4.69) is 30.0 Å². The number of nitrogens with zero attached hydrogens (tertiary/aromatic N) is 2. The SMILES string of the molecule is Cc1cccc(CCC(=O)N(C)C2CC[C@@]3(O)[C@H]4Cc5ccc(O)c6c5[C@@]3(C(O)CN4CC3CC3)C2O6)c1. The van der Waals surface area contributed by atoms with Gasteiger partial charge >= 0.3 is 0 Å². The zero-order valence-electron chi connectivity index (χ0n) is 22.3. The molecule has 5 aliphatic rings. The number of ether oxygens (including phenoxy) is 1. The number of piperidine rings is 1. The van der Waals surface area contributed by atoms with Crippen LogP contribution in [0.4, 0.5) is 0 Å². The van der Waals surface area contributed by atoms with Crippen molar-refractivity contribution in [3.8, 4) is 11.5 Å². The minimum atomic E-state index is -1.20. The molecule has 3 unspecified atom stereocenters. The topological polar surface area (TPSA) is 93.5 Å². The number of aryl methyl sites for hydroxylation is 2. The van der Waals surface area contributed by atoms with Gasteiger partial charge in [-0.3, -0.25) is 9.69 Å². The lowest BCUT2D eigenvalue weighted by atomic mass is 9.47. The van der Waals surface area contributed by atoms with Crippen LogP contribution in [-0.4, -0.2) is 81.1 Å². The molecular weight excluding hydrogens is 480 g/mol. The number of β-amino-alcohol motifs (C(OH)–C–C–N with tert-alkyl or cyclic N) is 1. The molecule has 0 aromatic heterocycles. The van der Waals surface area contributed by atoms with Crippen LogP contribution in [0.1, 0.15) is 54.4 Å². The van der Waals surface area contributed by atoms with Gasteiger partial charge in [-0.05, 0) is 68.6 Å².